The molecule has 0 radical (unpaired) electrons. The molecule has 4 heteroatoms. The van der Waals surface area contributed by atoms with E-state index in [0.717, 1.165) is 55.6 Å². The summed E-state index contributed by atoms with van der Waals surface area (Å²) in [5.74, 6) is 3.06. The standard InChI is InChI=1S/C25H28N2O2/c1-2-23(27-17-15-26-16-18-27)20-13-14-24(28-21-9-5-3-6-10-21)25(19-20)29-22-11-7-4-8-12-22/h3-14,19,23,26H,2,15-18H2,1H3/t23-/m1/s1. The zero-order chi connectivity index (χ0) is 19.9. The van der Waals surface area contributed by atoms with E-state index < -0.39 is 0 Å². The van der Waals surface area contributed by atoms with Gasteiger partial charge < -0.3 is 14.8 Å². The molecule has 0 unspecified atom stereocenters. The number of benzene rings is 3. The second kappa shape index (κ2) is 9.59. The second-order valence-corrected chi connectivity index (χ2v) is 7.25. The van der Waals surface area contributed by atoms with Crippen molar-refractivity contribution in [1.29, 1.82) is 0 Å². The smallest absolute Gasteiger partial charge is 0.170 e. The van der Waals surface area contributed by atoms with Crippen molar-refractivity contribution in [2.45, 2.75) is 19.4 Å². The van der Waals surface area contributed by atoms with Crippen LogP contribution < -0.4 is 14.8 Å². The lowest BCUT2D eigenvalue weighted by Gasteiger charge is -2.35. The molecule has 1 heterocycles. The number of piperazine rings is 1. The molecule has 4 nitrogen and oxygen atoms in total. The Labute approximate surface area is 173 Å². The predicted octanol–water partition coefficient (Wildman–Crippen LogP) is 5.63. The van der Waals surface area contributed by atoms with Gasteiger partial charge in [-0.15, -0.1) is 0 Å². The molecular weight excluding hydrogens is 360 g/mol. The van der Waals surface area contributed by atoms with Crippen molar-refractivity contribution in [2.75, 3.05) is 26.2 Å². The van der Waals surface area contributed by atoms with Crippen LogP contribution in [0.4, 0.5) is 0 Å². The molecule has 1 saturated heterocycles. The minimum Gasteiger partial charge on any atom is -0.453 e. The van der Waals surface area contributed by atoms with Crippen LogP contribution in [0.3, 0.4) is 0 Å². The average molecular weight is 389 g/mol. The summed E-state index contributed by atoms with van der Waals surface area (Å²) in [6, 6.07) is 26.4. The lowest BCUT2D eigenvalue weighted by atomic mass is 10.0. The number of ether oxygens (including phenoxy) is 2. The molecule has 4 rings (SSSR count). The van der Waals surface area contributed by atoms with E-state index in [0.29, 0.717) is 6.04 Å². The lowest BCUT2D eigenvalue weighted by Crippen LogP contribution is -2.45. The normalized spacial score (nSPS) is 15.6. The third-order valence-corrected chi connectivity index (χ3v) is 5.27. The van der Waals surface area contributed by atoms with E-state index in [-0.39, 0.29) is 0 Å². The van der Waals surface area contributed by atoms with E-state index in [1.165, 1.54) is 5.56 Å². The monoisotopic (exact) mass is 388 g/mol. The van der Waals surface area contributed by atoms with Gasteiger partial charge in [0.05, 0.1) is 0 Å². The first-order valence-electron chi connectivity index (χ1n) is 10.4. The summed E-state index contributed by atoms with van der Waals surface area (Å²) in [6.07, 6.45) is 1.06. The Morgan fingerprint density at radius 1 is 0.793 bits per heavy atom. The summed E-state index contributed by atoms with van der Waals surface area (Å²) < 4.78 is 12.4. The highest BCUT2D eigenvalue weighted by Gasteiger charge is 2.22. The van der Waals surface area contributed by atoms with Crippen molar-refractivity contribution < 1.29 is 9.47 Å². The molecule has 0 aliphatic carbocycles. The minimum atomic E-state index is 0.376. The van der Waals surface area contributed by atoms with Crippen LogP contribution in [0.1, 0.15) is 24.9 Å². The summed E-state index contributed by atoms with van der Waals surface area (Å²) in [5, 5.41) is 3.44. The molecule has 0 spiro atoms. The van der Waals surface area contributed by atoms with Gasteiger partial charge in [0, 0.05) is 32.2 Å². The summed E-state index contributed by atoms with van der Waals surface area (Å²) in [6.45, 7) is 6.46. The molecule has 0 amide bonds. The summed E-state index contributed by atoms with van der Waals surface area (Å²) in [5.41, 5.74) is 1.26. The molecule has 29 heavy (non-hydrogen) atoms. The maximum Gasteiger partial charge on any atom is 0.170 e. The maximum atomic E-state index is 6.25. The molecule has 0 saturated carbocycles. The quantitative estimate of drug-likeness (QED) is 0.569. The van der Waals surface area contributed by atoms with Gasteiger partial charge in [0.15, 0.2) is 11.5 Å². The van der Waals surface area contributed by atoms with E-state index in [1.807, 2.05) is 66.7 Å². The molecule has 1 N–H and O–H groups in total. The first-order valence-corrected chi connectivity index (χ1v) is 10.4. The predicted molar refractivity (Wildman–Crippen MR) is 117 cm³/mol. The molecule has 1 atom stereocenters. The highest BCUT2D eigenvalue weighted by Crippen LogP contribution is 2.38. The zero-order valence-corrected chi connectivity index (χ0v) is 16.9. The van der Waals surface area contributed by atoms with Crippen LogP contribution in [0.5, 0.6) is 23.0 Å². The van der Waals surface area contributed by atoms with Crippen LogP contribution in [0, 0.1) is 0 Å². The Bertz CT molecular complexity index is 893. The molecule has 150 valence electrons. The topological polar surface area (TPSA) is 33.7 Å². The van der Waals surface area contributed by atoms with Crippen LogP contribution >= 0.6 is 0 Å². The van der Waals surface area contributed by atoms with Gasteiger partial charge in [-0.25, -0.2) is 0 Å². The fourth-order valence-electron chi connectivity index (χ4n) is 3.83. The maximum absolute atomic E-state index is 6.25. The van der Waals surface area contributed by atoms with Gasteiger partial charge in [-0.05, 0) is 48.4 Å². The SMILES string of the molecule is CC[C@H](c1ccc(Oc2ccccc2)c(Oc2ccccc2)c1)N1CCNCC1. The first kappa shape index (κ1) is 19.5. The van der Waals surface area contributed by atoms with Gasteiger partial charge in [-0.1, -0.05) is 49.4 Å². The van der Waals surface area contributed by atoms with Gasteiger partial charge >= 0.3 is 0 Å². The molecule has 3 aromatic rings. The summed E-state index contributed by atoms with van der Waals surface area (Å²) >= 11 is 0. The lowest BCUT2D eigenvalue weighted by molar-refractivity contribution is 0.169. The number of hydrogen-bond donors (Lipinski definition) is 1. The van der Waals surface area contributed by atoms with Crippen molar-refractivity contribution in [3.63, 3.8) is 0 Å². The van der Waals surface area contributed by atoms with Gasteiger partial charge in [0.25, 0.3) is 0 Å². The summed E-state index contributed by atoms with van der Waals surface area (Å²) in [4.78, 5) is 2.55. The van der Waals surface area contributed by atoms with E-state index in [2.05, 4.69) is 29.3 Å². The van der Waals surface area contributed by atoms with Crippen LogP contribution in [-0.4, -0.2) is 31.1 Å². The Morgan fingerprint density at radius 3 is 1.97 bits per heavy atom. The third kappa shape index (κ3) is 4.97. The van der Waals surface area contributed by atoms with Crippen molar-refractivity contribution >= 4 is 0 Å². The molecule has 0 aromatic heterocycles. The van der Waals surface area contributed by atoms with Crippen molar-refractivity contribution in [2.24, 2.45) is 0 Å². The number of para-hydroxylation sites is 2. The van der Waals surface area contributed by atoms with Gasteiger partial charge in [-0.2, -0.15) is 0 Å². The van der Waals surface area contributed by atoms with Crippen LogP contribution in [0.15, 0.2) is 78.9 Å². The largest absolute Gasteiger partial charge is 0.453 e. The first-order chi connectivity index (χ1) is 14.3. The molecular formula is C25H28N2O2. The van der Waals surface area contributed by atoms with E-state index in [4.69, 9.17) is 9.47 Å². The van der Waals surface area contributed by atoms with Gasteiger partial charge in [0.2, 0.25) is 0 Å². The Hall–Kier alpha value is -2.82. The molecule has 3 aromatic carbocycles. The molecule has 1 fully saturated rings. The van der Waals surface area contributed by atoms with E-state index in [9.17, 15) is 0 Å². The van der Waals surface area contributed by atoms with Crippen molar-refractivity contribution in [3.8, 4) is 23.0 Å². The van der Waals surface area contributed by atoms with E-state index >= 15 is 0 Å². The number of nitrogens with zero attached hydrogens (tertiary/aromatic N) is 1. The molecule has 0 bridgehead atoms. The van der Waals surface area contributed by atoms with E-state index in [1.54, 1.807) is 0 Å². The third-order valence-electron chi connectivity index (χ3n) is 5.27. The van der Waals surface area contributed by atoms with Crippen molar-refractivity contribution in [1.82, 2.24) is 10.2 Å². The number of hydrogen-bond acceptors (Lipinski definition) is 4. The number of rotatable bonds is 7. The number of nitrogens with one attached hydrogen (secondary N) is 1. The Morgan fingerprint density at radius 2 is 1.38 bits per heavy atom. The highest BCUT2D eigenvalue weighted by atomic mass is 16.5. The van der Waals surface area contributed by atoms with Crippen LogP contribution in [0.2, 0.25) is 0 Å². The minimum absolute atomic E-state index is 0.376. The average Bonchev–Trinajstić information content (AvgIpc) is 2.78. The van der Waals surface area contributed by atoms with Gasteiger partial charge in [-0.3, -0.25) is 4.90 Å². The second-order valence-electron chi connectivity index (χ2n) is 7.25. The molecule has 1 aliphatic heterocycles. The van der Waals surface area contributed by atoms with Gasteiger partial charge in [0.1, 0.15) is 11.5 Å². The zero-order valence-electron chi connectivity index (χ0n) is 16.9. The fraction of sp³-hybridized carbons (Fsp3) is 0.280. The summed E-state index contributed by atoms with van der Waals surface area (Å²) in [7, 11) is 0. The Kier molecular flexibility index (Phi) is 6.45. The molecule has 1 aliphatic rings. The fourth-order valence-corrected chi connectivity index (χ4v) is 3.83. The van der Waals surface area contributed by atoms with Crippen LogP contribution in [0.25, 0.3) is 0 Å². The van der Waals surface area contributed by atoms with Crippen LogP contribution in [-0.2, 0) is 0 Å². The highest BCUT2D eigenvalue weighted by molar-refractivity contribution is 5.48. The van der Waals surface area contributed by atoms with Crippen molar-refractivity contribution in [3.05, 3.63) is 84.4 Å². The Balaban J connectivity index is 1.65.